The van der Waals surface area contributed by atoms with E-state index in [-0.39, 0.29) is 11.6 Å². The van der Waals surface area contributed by atoms with Crippen LogP contribution in [0.15, 0.2) is 29.1 Å². The summed E-state index contributed by atoms with van der Waals surface area (Å²) in [7, 11) is 1.67. The molecule has 0 radical (unpaired) electrons. The van der Waals surface area contributed by atoms with Crippen molar-refractivity contribution in [3.05, 3.63) is 57.5 Å². The number of benzene rings is 1. The van der Waals surface area contributed by atoms with Gasteiger partial charge in [-0.2, -0.15) is 4.98 Å². The lowest BCUT2D eigenvalue weighted by Gasteiger charge is -2.15. The number of para-hydroxylation sites is 1. The van der Waals surface area contributed by atoms with Gasteiger partial charge in [-0.3, -0.25) is 4.79 Å². The van der Waals surface area contributed by atoms with Gasteiger partial charge in [-0.15, -0.1) is 0 Å². The Kier molecular flexibility index (Phi) is 4.88. The third-order valence-corrected chi connectivity index (χ3v) is 4.14. The zero-order valence-corrected chi connectivity index (χ0v) is 15.5. The first-order valence-corrected chi connectivity index (χ1v) is 8.63. The average molecular weight is 353 g/mol. The predicted molar refractivity (Wildman–Crippen MR) is 100 cm³/mol. The fraction of sp³-hybridized carbons (Fsp3) is 0.368. The summed E-state index contributed by atoms with van der Waals surface area (Å²) < 4.78 is 0. The number of fused-ring (bicyclic) bond motifs is 1. The van der Waals surface area contributed by atoms with Crippen LogP contribution in [0, 0.1) is 12.8 Å². The monoisotopic (exact) mass is 353 g/mol. The van der Waals surface area contributed by atoms with Gasteiger partial charge < -0.3 is 14.9 Å². The van der Waals surface area contributed by atoms with Crippen molar-refractivity contribution in [2.24, 2.45) is 5.92 Å². The molecule has 3 rings (SSSR count). The number of carbonyl (C=O) groups is 1. The number of imidazole rings is 1. The molecule has 2 aromatic heterocycles. The Labute approximate surface area is 151 Å². The van der Waals surface area contributed by atoms with Crippen molar-refractivity contribution in [3.8, 4) is 0 Å². The highest BCUT2D eigenvalue weighted by molar-refractivity contribution is 5.92. The molecule has 7 heteroatoms. The van der Waals surface area contributed by atoms with E-state index in [1.807, 2.05) is 25.1 Å². The predicted octanol–water partition coefficient (Wildman–Crippen LogP) is 2.43. The summed E-state index contributed by atoms with van der Waals surface area (Å²) in [6, 6.07) is 7.57. The van der Waals surface area contributed by atoms with Gasteiger partial charge in [0.05, 0.1) is 17.6 Å². The minimum atomic E-state index is -0.501. The molecule has 0 aliphatic rings. The maximum absolute atomic E-state index is 12.7. The summed E-state index contributed by atoms with van der Waals surface area (Å²) in [5, 5.41) is 0. The first-order chi connectivity index (χ1) is 12.3. The van der Waals surface area contributed by atoms with E-state index in [1.165, 1.54) is 4.90 Å². The molecule has 0 atom stereocenters. The van der Waals surface area contributed by atoms with Gasteiger partial charge in [0.25, 0.3) is 5.91 Å². The van der Waals surface area contributed by atoms with Crippen LogP contribution in [0.2, 0.25) is 0 Å². The topological polar surface area (TPSA) is 94.7 Å². The number of nitrogens with one attached hydrogen (secondary N) is 2. The SMILES string of the molecule is Cc1cccc2[nH]c(CN(C)C(=O)c3cc(CC(C)C)[nH]c(=O)n3)nc12. The van der Waals surface area contributed by atoms with E-state index in [0.29, 0.717) is 24.7 Å². The van der Waals surface area contributed by atoms with E-state index in [1.54, 1.807) is 13.1 Å². The molecule has 0 aliphatic carbocycles. The molecule has 2 heterocycles. The molecule has 0 saturated heterocycles. The van der Waals surface area contributed by atoms with E-state index < -0.39 is 5.69 Å². The quantitative estimate of drug-likeness (QED) is 0.736. The van der Waals surface area contributed by atoms with Crippen molar-refractivity contribution in [1.29, 1.82) is 0 Å². The highest BCUT2D eigenvalue weighted by Gasteiger charge is 2.17. The third kappa shape index (κ3) is 3.82. The fourth-order valence-corrected chi connectivity index (χ4v) is 2.96. The van der Waals surface area contributed by atoms with Crippen LogP contribution in [-0.4, -0.2) is 37.8 Å². The molecule has 2 N–H and O–H groups in total. The van der Waals surface area contributed by atoms with Crippen molar-refractivity contribution < 1.29 is 4.79 Å². The largest absolute Gasteiger partial charge is 0.345 e. The number of amides is 1. The summed E-state index contributed by atoms with van der Waals surface area (Å²) in [6.45, 7) is 6.41. The summed E-state index contributed by atoms with van der Waals surface area (Å²) in [4.78, 5) is 40.3. The second-order valence-corrected chi connectivity index (χ2v) is 7.01. The Morgan fingerprint density at radius 3 is 2.69 bits per heavy atom. The fourth-order valence-electron chi connectivity index (χ4n) is 2.96. The molecule has 26 heavy (non-hydrogen) atoms. The highest BCUT2D eigenvalue weighted by atomic mass is 16.2. The number of aromatic nitrogens is 4. The summed E-state index contributed by atoms with van der Waals surface area (Å²) in [6.07, 6.45) is 0.685. The van der Waals surface area contributed by atoms with E-state index in [0.717, 1.165) is 22.3 Å². The Bertz CT molecular complexity index is 1000. The summed E-state index contributed by atoms with van der Waals surface area (Å²) in [5.74, 6) is 0.753. The zero-order chi connectivity index (χ0) is 18.8. The standard InChI is InChI=1S/C19H23N5O2/c1-11(2)8-13-9-15(22-19(26)20-13)18(25)24(4)10-16-21-14-7-5-6-12(3)17(14)23-16/h5-7,9,11H,8,10H2,1-4H3,(H,21,23)(H,20,22,26). The molecule has 0 fully saturated rings. The lowest BCUT2D eigenvalue weighted by atomic mass is 10.1. The average Bonchev–Trinajstić information content (AvgIpc) is 2.96. The number of nitrogens with zero attached hydrogens (tertiary/aromatic N) is 3. The van der Waals surface area contributed by atoms with Crippen molar-refractivity contribution in [3.63, 3.8) is 0 Å². The Balaban J connectivity index is 1.81. The normalized spacial score (nSPS) is 11.3. The molecule has 0 saturated carbocycles. The number of rotatable bonds is 5. The van der Waals surface area contributed by atoms with Crippen LogP contribution in [0.3, 0.4) is 0 Å². The maximum atomic E-state index is 12.7. The van der Waals surface area contributed by atoms with Crippen LogP contribution in [0.1, 0.15) is 41.4 Å². The summed E-state index contributed by atoms with van der Waals surface area (Å²) in [5.41, 5.74) is 3.29. The maximum Gasteiger partial charge on any atom is 0.345 e. The smallest absolute Gasteiger partial charge is 0.340 e. The third-order valence-electron chi connectivity index (χ3n) is 4.14. The van der Waals surface area contributed by atoms with Gasteiger partial charge in [0, 0.05) is 12.7 Å². The molecule has 136 valence electrons. The van der Waals surface area contributed by atoms with Gasteiger partial charge in [-0.1, -0.05) is 26.0 Å². The van der Waals surface area contributed by atoms with E-state index in [2.05, 4.69) is 33.8 Å². The van der Waals surface area contributed by atoms with Gasteiger partial charge in [0.2, 0.25) is 0 Å². The van der Waals surface area contributed by atoms with Crippen LogP contribution in [0.4, 0.5) is 0 Å². The number of aromatic amines is 2. The Hall–Kier alpha value is -2.96. The minimum absolute atomic E-state index is 0.152. The Morgan fingerprint density at radius 1 is 1.23 bits per heavy atom. The van der Waals surface area contributed by atoms with Crippen LogP contribution in [0.25, 0.3) is 11.0 Å². The molecule has 0 unspecified atom stereocenters. The molecule has 3 aromatic rings. The van der Waals surface area contributed by atoms with Crippen LogP contribution in [-0.2, 0) is 13.0 Å². The molecule has 1 amide bonds. The lowest BCUT2D eigenvalue weighted by Crippen LogP contribution is -2.30. The van der Waals surface area contributed by atoms with Crippen LogP contribution >= 0.6 is 0 Å². The molecule has 0 bridgehead atoms. The number of aryl methyl sites for hydroxylation is 1. The zero-order valence-electron chi connectivity index (χ0n) is 15.5. The Morgan fingerprint density at radius 2 is 2.00 bits per heavy atom. The van der Waals surface area contributed by atoms with Gasteiger partial charge in [0.1, 0.15) is 11.5 Å². The van der Waals surface area contributed by atoms with Crippen molar-refractivity contribution in [1.82, 2.24) is 24.8 Å². The van der Waals surface area contributed by atoms with Crippen LogP contribution in [0.5, 0.6) is 0 Å². The first kappa shape index (κ1) is 17.8. The number of H-pyrrole nitrogens is 2. The molecular formula is C19H23N5O2. The second-order valence-electron chi connectivity index (χ2n) is 7.01. The summed E-state index contributed by atoms with van der Waals surface area (Å²) >= 11 is 0. The van der Waals surface area contributed by atoms with Gasteiger partial charge in [-0.25, -0.2) is 9.78 Å². The lowest BCUT2D eigenvalue weighted by molar-refractivity contribution is 0.0775. The van der Waals surface area contributed by atoms with Crippen molar-refractivity contribution >= 4 is 16.9 Å². The van der Waals surface area contributed by atoms with E-state index >= 15 is 0 Å². The van der Waals surface area contributed by atoms with Gasteiger partial charge in [0.15, 0.2) is 0 Å². The first-order valence-electron chi connectivity index (χ1n) is 8.63. The molecule has 0 spiro atoms. The molecule has 1 aromatic carbocycles. The number of carbonyl (C=O) groups excluding carboxylic acids is 1. The van der Waals surface area contributed by atoms with Gasteiger partial charge in [-0.05, 0) is 37.0 Å². The number of hydrogen-bond donors (Lipinski definition) is 2. The van der Waals surface area contributed by atoms with Crippen molar-refractivity contribution in [2.75, 3.05) is 7.05 Å². The van der Waals surface area contributed by atoms with Crippen LogP contribution < -0.4 is 5.69 Å². The molecule has 7 nitrogen and oxygen atoms in total. The minimum Gasteiger partial charge on any atom is -0.340 e. The van der Waals surface area contributed by atoms with Gasteiger partial charge >= 0.3 is 5.69 Å². The van der Waals surface area contributed by atoms with E-state index in [9.17, 15) is 9.59 Å². The number of hydrogen-bond acceptors (Lipinski definition) is 4. The van der Waals surface area contributed by atoms with E-state index in [4.69, 9.17) is 0 Å². The molecular weight excluding hydrogens is 330 g/mol. The molecule has 0 aliphatic heterocycles. The van der Waals surface area contributed by atoms with Crippen molar-refractivity contribution in [2.45, 2.75) is 33.7 Å². The second kappa shape index (κ2) is 7.11. The highest BCUT2D eigenvalue weighted by Crippen LogP contribution is 2.16.